The maximum absolute atomic E-state index is 12.5. The molecule has 1 atom stereocenters. The van der Waals surface area contributed by atoms with Crippen molar-refractivity contribution >= 4 is 21.7 Å². The topological polar surface area (TPSA) is 20.3 Å². The third-order valence-corrected chi connectivity index (χ3v) is 4.25. The van der Waals surface area contributed by atoms with E-state index in [9.17, 15) is 4.79 Å². The first-order chi connectivity index (χ1) is 9.97. The van der Waals surface area contributed by atoms with E-state index in [2.05, 4.69) is 52.0 Å². The Morgan fingerprint density at radius 2 is 1.67 bits per heavy atom. The molecule has 0 aliphatic rings. The van der Waals surface area contributed by atoms with Crippen LogP contribution in [0.4, 0.5) is 0 Å². The lowest BCUT2D eigenvalue weighted by Gasteiger charge is -2.23. The first-order valence-electron chi connectivity index (χ1n) is 7.03. The molecule has 2 rings (SSSR count). The molecule has 0 bridgehead atoms. The zero-order chi connectivity index (χ0) is 15.4. The Morgan fingerprint density at radius 1 is 1.10 bits per heavy atom. The summed E-state index contributed by atoms with van der Waals surface area (Å²) < 4.78 is 0.986. The molecule has 0 saturated carbocycles. The molecule has 1 unspecified atom stereocenters. The Labute approximate surface area is 134 Å². The number of benzene rings is 2. The van der Waals surface area contributed by atoms with E-state index in [-0.39, 0.29) is 11.8 Å². The van der Waals surface area contributed by atoms with E-state index >= 15 is 0 Å². The van der Waals surface area contributed by atoms with Crippen molar-refractivity contribution in [2.45, 2.75) is 26.4 Å². The maximum atomic E-state index is 12.5. The van der Waals surface area contributed by atoms with Crippen LogP contribution in [0.15, 0.2) is 53.0 Å². The highest BCUT2D eigenvalue weighted by Crippen LogP contribution is 2.15. The van der Waals surface area contributed by atoms with Gasteiger partial charge in [0.25, 0.3) is 0 Å². The van der Waals surface area contributed by atoms with Crippen molar-refractivity contribution in [3.05, 3.63) is 69.7 Å². The fraction of sp³-hybridized carbons (Fsp3) is 0.278. The maximum Gasteiger partial charge on any atom is 0.179 e. The van der Waals surface area contributed by atoms with Gasteiger partial charge in [-0.05, 0) is 38.6 Å². The van der Waals surface area contributed by atoms with Gasteiger partial charge in [-0.3, -0.25) is 9.69 Å². The number of halogens is 1. The SMILES string of the molecule is Cc1ccc(CN(C)C(C)C(=O)c2ccc(Br)cc2)cc1. The van der Waals surface area contributed by atoms with Gasteiger partial charge in [-0.2, -0.15) is 0 Å². The van der Waals surface area contributed by atoms with Crippen molar-refractivity contribution in [1.82, 2.24) is 4.90 Å². The average Bonchev–Trinajstić information content (AvgIpc) is 2.49. The quantitative estimate of drug-likeness (QED) is 0.745. The van der Waals surface area contributed by atoms with Crippen molar-refractivity contribution in [2.24, 2.45) is 0 Å². The largest absolute Gasteiger partial charge is 0.292 e. The van der Waals surface area contributed by atoms with Crippen LogP contribution in [0.25, 0.3) is 0 Å². The minimum Gasteiger partial charge on any atom is -0.292 e. The summed E-state index contributed by atoms with van der Waals surface area (Å²) in [4.78, 5) is 14.6. The summed E-state index contributed by atoms with van der Waals surface area (Å²) >= 11 is 3.39. The number of nitrogens with zero attached hydrogens (tertiary/aromatic N) is 1. The molecule has 0 N–H and O–H groups in total. The molecule has 2 aromatic rings. The molecule has 0 fully saturated rings. The molecule has 0 aliphatic heterocycles. The summed E-state index contributed by atoms with van der Waals surface area (Å²) in [7, 11) is 1.99. The Balaban J connectivity index is 2.04. The number of hydrogen-bond acceptors (Lipinski definition) is 2. The minimum absolute atomic E-state index is 0.146. The third kappa shape index (κ3) is 4.26. The molecule has 0 aliphatic carbocycles. The number of Topliss-reactive ketones (excluding diaryl/α,β-unsaturated/α-hetero) is 1. The van der Waals surface area contributed by atoms with Crippen LogP contribution in [0, 0.1) is 6.92 Å². The molecule has 21 heavy (non-hydrogen) atoms. The van der Waals surface area contributed by atoms with Crippen molar-refractivity contribution in [1.29, 1.82) is 0 Å². The number of carbonyl (C=O) groups is 1. The third-order valence-electron chi connectivity index (χ3n) is 3.72. The molecule has 0 saturated heterocycles. The fourth-order valence-corrected chi connectivity index (χ4v) is 2.44. The van der Waals surface area contributed by atoms with Gasteiger partial charge in [0.1, 0.15) is 0 Å². The Hall–Kier alpha value is -1.45. The average molecular weight is 346 g/mol. The molecule has 0 spiro atoms. The van der Waals surface area contributed by atoms with E-state index in [4.69, 9.17) is 0 Å². The summed E-state index contributed by atoms with van der Waals surface area (Å²) in [6, 6.07) is 15.8. The van der Waals surface area contributed by atoms with E-state index in [0.29, 0.717) is 0 Å². The zero-order valence-corrected chi connectivity index (χ0v) is 14.2. The van der Waals surface area contributed by atoms with Crippen LogP contribution >= 0.6 is 15.9 Å². The van der Waals surface area contributed by atoms with Crippen LogP contribution in [0.3, 0.4) is 0 Å². The molecule has 0 heterocycles. The van der Waals surface area contributed by atoms with Crippen LogP contribution in [0.5, 0.6) is 0 Å². The highest BCUT2D eigenvalue weighted by atomic mass is 79.9. The lowest BCUT2D eigenvalue weighted by molar-refractivity contribution is 0.0862. The number of carbonyl (C=O) groups excluding carboxylic acids is 1. The number of likely N-dealkylation sites (N-methyl/N-ethyl adjacent to an activating group) is 1. The van der Waals surface area contributed by atoms with Crippen molar-refractivity contribution < 1.29 is 4.79 Å². The standard InChI is InChI=1S/C18H20BrNO/c1-13-4-6-15(7-5-13)12-20(3)14(2)18(21)16-8-10-17(19)11-9-16/h4-11,14H,12H2,1-3H3. The number of hydrogen-bond donors (Lipinski definition) is 0. The monoisotopic (exact) mass is 345 g/mol. The molecule has 2 nitrogen and oxygen atoms in total. The van der Waals surface area contributed by atoms with Crippen molar-refractivity contribution in [2.75, 3.05) is 7.05 Å². The van der Waals surface area contributed by atoms with E-state index in [0.717, 1.165) is 16.6 Å². The summed E-state index contributed by atoms with van der Waals surface area (Å²) in [5, 5.41) is 0. The van der Waals surface area contributed by atoms with E-state index in [1.807, 2.05) is 38.2 Å². The number of aryl methyl sites for hydroxylation is 1. The van der Waals surface area contributed by atoms with Gasteiger partial charge in [0.15, 0.2) is 5.78 Å². The molecule has 110 valence electrons. The lowest BCUT2D eigenvalue weighted by atomic mass is 10.0. The lowest BCUT2D eigenvalue weighted by Crippen LogP contribution is -2.35. The van der Waals surface area contributed by atoms with Crippen LogP contribution in [-0.2, 0) is 6.54 Å². The second kappa shape index (κ2) is 7.01. The van der Waals surface area contributed by atoms with Gasteiger partial charge in [0, 0.05) is 16.6 Å². The summed E-state index contributed by atoms with van der Waals surface area (Å²) in [5.41, 5.74) is 3.22. The first kappa shape index (κ1) is 15.9. The smallest absolute Gasteiger partial charge is 0.179 e. The Bertz CT molecular complexity index is 604. The molecule has 3 heteroatoms. The Kier molecular flexibility index (Phi) is 5.32. The molecule has 2 aromatic carbocycles. The zero-order valence-electron chi connectivity index (χ0n) is 12.6. The van der Waals surface area contributed by atoms with Gasteiger partial charge in [-0.15, -0.1) is 0 Å². The minimum atomic E-state index is -0.146. The highest BCUT2D eigenvalue weighted by molar-refractivity contribution is 9.10. The predicted octanol–water partition coefficient (Wildman–Crippen LogP) is 4.46. The normalized spacial score (nSPS) is 12.4. The number of ketones is 1. The summed E-state index contributed by atoms with van der Waals surface area (Å²) in [5.74, 6) is 0.150. The number of rotatable bonds is 5. The van der Waals surface area contributed by atoms with Crippen molar-refractivity contribution in [3.8, 4) is 0 Å². The van der Waals surface area contributed by atoms with Gasteiger partial charge >= 0.3 is 0 Å². The van der Waals surface area contributed by atoms with Crippen LogP contribution in [-0.4, -0.2) is 23.8 Å². The van der Waals surface area contributed by atoms with E-state index in [1.165, 1.54) is 11.1 Å². The van der Waals surface area contributed by atoms with Gasteiger partial charge in [-0.1, -0.05) is 57.9 Å². The van der Waals surface area contributed by atoms with Gasteiger partial charge in [-0.25, -0.2) is 0 Å². The Morgan fingerprint density at radius 3 is 2.24 bits per heavy atom. The van der Waals surface area contributed by atoms with E-state index < -0.39 is 0 Å². The second-order valence-electron chi connectivity index (χ2n) is 5.45. The summed E-state index contributed by atoms with van der Waals surface area (Å²) in [6.45, 7) is 4.80. The molecular formula is C18H20BrNO. The second-order valence-corrected chi connectivity index (χ2v) is 6.36. The summed E-state index contributed by atoms with van der Waals surface area (Å²) in [6.07, 6.45) is 0. The van der Waals surface area contributed by atoms with E-state index in [1.54, 1.807) is 0 Å². The van der Waals surface area contributed by atoms with Crippen LogP contribution in [0.1, 0.15) is 28.4 Å². The predicted molar refractivity (Wildman–Crippen MR) is 90.6 cm³/mol. The van der Waals surface area contributed by atoms with Gasteiger partial charge in [0.2, 0.25) is 0 Å². The van der Waals surface area contributed by atoms with Crippen LogP contribution < -0.4 is 0 Å². The molecule has 0 amide bonds. The highest BCUT2D eigenvalue weighted by Gasteiger charge is 2.19. The van der Waals surface area contributed by atoms with Crippen LogP contribution in [0.2, 0.25) is 0 Å². The van der Waals surface area contributed by atoms with Gasteiger partial charge in [0.05, 0.1) is 6.04 Å². The fourth-order valence-electron chi connectivity index (χ4n) is 2.17. The molecule has 0 radical (unpaired) electrons. The molecule has 0 aromatic heterocycles. The first-order valence-corrected chi connectivity index (χ1v) is 7.82. The van der Waals surface area contributed by atoms with Crippen molar-refractivity contribution in [3.63, 3.8) is 0 Å². The van der Waals surface area contributed by atoms with Gasteiger partial charge < -0.3 is 0 Å². The molecular weight excluding hydrogens is 326 g/mol.